The van der Waals surface area contributed by atoms with E-state index in [1.54, 1.807) is 12.2 Å². The van der Waals surface area contributed by atoms with Crippen molar-refractivity contribution in [3.8, 4) is 0 Å². The third kappa shape index (κ3) is 6.02. The summed E-state index contributed by atoms with van der Waals surface area (Å²) in [7, 11) is -4.30. The van der Waals surface area contributed by atoms with E-state index in [0.29, 0.717) is 0 Å². The maximum atomic E-state index is 12.7. The fourth-order valence-corrected chi connectivity index (χ4v) is 3.85. The Bertz CT molecular complexity index is 1340. The van der Waals surface area contributed by atoms with E-state index in [1.165, 1.54) is 36.5 Å². The van der Waals surface area contributed by atoms with Crippen molar-refractivity contribution in [1.82, 2.24) is 0 Å². The summed E-state index contributed by atoms with van der Waals surface area (Å²) in [5.74, 6) is -1.32. The zero-order chi connectivity index (χ0) is 23.8. The number of hydrogen-bond acceptors (Lipinski definition) is 7. The number of anilines is 2. The number of hydrogen-bond donors (Lipinski definition) is 3. The molecule has 0 aliphatic heterocycles. The molecule has 0 saturated heterocycles. The number of carboxylic acid groups (broad SMARTS) is 1. The fraction of sp³-hybridized carbons (Fsp3) is 0. The Labute approximate surface area is 189 Å². The number of hydrazone groups is 1. The Kier molecular flexibility index (Phi) is 7.16. The number of allylic oxidation sites excluding steroid dienone is 1. The standard InChI is InChI=1S/C22H18N4O6S/c27-22(28)18-10-4-5-11-19(18)25-33(31,32)17-12-13-20(21(15-17)26(29)30)24-23-14-6-9-16-7-2-1-3-8-16/h1-15,24-25H,(H,27,28)/b9-6+,23-14-. The molecule has 168 valence electrons. The predicted octanol–water partition coefficient (Wildman–Crippen LogP) is 4.20. The Morgan fingerprint density at radius 1 is 1.00 bits per heavy atom. The number of carboxylic acids is 1. The third-order valence-electron chi connectivity index (χ3n) is 4.31. The van der Waals surface area contributed by atoms with Gasteiger partial charge in [0.2, 0.25) is 0 Å². The SMILES string of the molecule is O=C(O)c1ccccc1NS(=O)(=O)c1ccc(N/N=C\C=C\c2ccccc2)c([N+](=O)[O-])c1. The van der Waals surface area contributed by atoms with Crippen molar-refractivity contribution in [2.45, 2.75) is 4.90 Å². The van der Waals surface area contributed by atoms with Gasteiger partial charge in [0.05, 0.1) is 21.1 Å². The Morgan fingerprint density at radius 2 is 1.70 bits per heavy atom. The molecule has 0 heterocycles. The van der Waals surface area contributed by atoms with Gasteiger partial charge >= 0.3 is 5.97 Å². The van der Waals surface area contributed by atoms with Crippen LogP contribution in [-0.2, 0) is 10.0 Å². The van der Waals surface area contributed by atoms with E-state index in [4.69, 9.17) is 0 Å². The van der Waals surface area contributed by atoms with E-state index >= 15 is 0 Å². The van der Waals surface area contributed by atoms with E-state index in [1.807, 2.05) is 30.3 Å². The van der Waals surface area contributed by atoms with Gasteiger partial charge < -0.3 is 5.11 Å². The second kappa shape index (κ2) is 10.2. The second-order valence-electron chi connectivity index (χ2n) is 6.55. The zero-order valence-electron chi connectivity index (χ0n) is 17.0. The lowest BCUT2D eigenvalue weighted by Crippen LogP contribution is -2.16. The monoisotopic (exact) mass is 466 g/mol. The highest BCUT2D eigenvalue weighted by atomic mass is 32.2. The summed E-state index contributed by atoms with van der Waals surface area (Å²) in [6.45, 7) is 0. The molecule has 0 aliphatic carbocycles. The Hall–Kier alpha value is -4.51. The number of nitrogens with zero attached hydrogens (tertiary/aromatic N) is 2. The molecular weight excluding hydrogens is 448 g/mol. The molecule has 0 unspecified atom stereocenters. The molecule has 3 aromatic carbocycles. The van der Waals surface area contributed by atoms with Crippen LogP contribution in [0.3, 0.4) is 0 Å². The number of aromatic carboxylic acids is 1. The molecule has 0 aromatic heterocycles. The van der Waals surface area contributed by atoms with E-state index in [9.17, 15) is 28.4 Å². The van der Waals surface area contributed by atoms with Crippen molar-refractivity contribution in [3.63, 3.8) is 0 Å². The molecule has 33 heavy (non-hydrogen) atoms. The van der Waals surface area contributed by atoms with Crippen molar-refractivity contribution in [3.05, 3.63) is 100 Å². The molecule has 0 aliphatic rings. The quantitative estimate of drug-likeness (QED) is 0.243. The van der Waals surface area contributed by atoms with Crippen LogP contribution in [0.4, 0.5) is 17.1 Å². The summed E-state index contributed by atoms with van der Waals surface area (Å²) in [4.78, 5) is 21.6. The minimum absolute atomic E-state index is 0.0192. The van der Waals surface area contributed by atoms with Crippen molar-refractivity contribution in [2.75, 3.05) is 10.1 Å². The molecule has 0 saturated carbocycles. The molecule has 0 amide bonds. The summed E-state index contributed by atoms with van der Waals surface area (Å²) in [6.07, 6.45) is 4.82. The van der Waals surface area contributed by atoms with Gasteiger partial charge in [-0.05, 0) is 35.9 Å². The van der Waals surface area contributed by atoms with Crippen LogP contribution in [0.1, 0.15) is 15.9 Å². The number of sulfonamides is 1. The molecule has 11 heteroatoms. The maximum absolute atomic E-state index is 12.7. The first-order valence-electron chi connectivity index (χ1n) is 9.42. The molecule has 0 spiro atoms. The highest BCUT2D eigenvalue weighted by Crippen LogP contribution is 2.29. The molecular formula is C22H18N4O6S. The largest absolute Gasteiger partial charge is 0.478 e. The van der Waals surface area contributed by atoms with Crippen LogP contribution < -0.4 is 10.1 Å². The minimum atomic E-state index is -4.30. The molecule has 3 N–H and O–H groups in total. The van der Waals surface area contributed by atoms with Gasteiger partial charge in [-0.2, -0.15) is 5.10 Å². The molecule has 0 bridgehead atoms. The van der Waals surface area contributed by atoms with Gasteiger partial charge in [-0.15, -0.1) is 0 Å². The van der Waals surface area contributed by atoms with Crippen molar-refractivity contribution >= 4 is 45.3 Å². The second-order valence-corrected chi connectivity index (χ2v) is 8.23. The highest BCUT2D eigenvalue weighted by molar-refractivity contribution is 7.92. The van der Waals surface area contributed by atoms with Crippen LogP contribution in [0, 0.1) is 10.1 Å². The fourth-order valence-electron chi connectivity index (χ4n) is 2.75. The summed E-state index contributed by atoms with van der Waals surface area (Å²) in [5, 5.41) is 24.6. The first-order valence-corrected chi connectivity index (χ1v) is 10.9. The number of rotatable bonds is 9. The molecule has 0 atom stereocenters. The van der Waals surface area contributed by atoms with Gasteiger partial charge in [0.1, 0.15) is 5.69 Å². The molecule has 3 rings (SSSR count). The van der Waals surface area contributed by atoms with Gasteiger partial charge in [0.15, 0.2) is 0 Å². The topological polar surface area (TPSA) is 151 Å². The van der Waals surface area contributed by atoms with Crippen LogP contribution in [0.5, 0.6) is 0 Å². The summed E-state index contributed by atoms with van der Waals surface area (Å²) in [6, 6.07) is 18.1. The number of para-hydroxylation sites is 1. The van der Waals surface area contributed by atoms with Crippen LogP contribution in [-0.4, -0.2) is 30.6 Å². The average Bonchev–Trinajstić information content (AvgIpc) is 2.79. The highest BCUT2D eigenvalue weighted by Gasteiger charge is 2.23. The number of benzene rings is 3. The molecule has 3 aromatic rings. The summed E-state index contributed by atoms with van der Waals surface area (Å²) < 4.78 is 27.6. The first-order chi connectivity index (χ1) is 15.8. The number of nitro groups is 1. The van der Waals surface area contributed by atoms with E-state index in [2.05, 4.69) is 15.2 Å². The maximum Gasteiger partial charge on any atom is 0.337 e. The normalized spacial score (nSPS) is 11.5. The van der Waals surface area contributed by atoms with E-state index in [-0.39, 0.29) is 16.9 Å². The van der Waals surface area contributed by atoms with Crippen molar-refractivity contribution in [2.24, 2.45) is 5.10 Å². The van der Waals surface area contributed by atoms with E-state index < -0.39 is 31.5 Å². The first kappa shape index (κ1) is 23.2. The van der Waals surface area contributed by atoms with Crippen LogP contribution >= 0.6 is 0 Å². The zero-order valence-corrected chi connectivity index (χ0v) is 17.8. The minimum Gasteiger partial charge on any atom is -0.478 e. The number of carbonyl (C=O) groups is 1. The summed E-state index contributed by atoms with van der Waals surface area (Å²) in [5.41, 5.74) is 2.50. The average molecular weight is 466 g/mol. The van der Waals surface area contributed by atoms with Crippen LogP contribution in [0.15, 0.2) is 88.9 Å². The van der Waals surface area contributed by atoms with Gasteiger partial charge in [0, 0.05) is 12.3 Å². The number of nitrogens with one attached hydrogen (secondary N) is 2. The van der Waals surface area contributed by atoms with Gasteiger partial charge in [0.25, 0.3) is 15.7 Å². The molecule has 0 radical (unpaired) electrons. The Balaban J connectivity index is 1.80. The lowest BCUT2D eigenvalue weighted by molar-refractivity contribution is -0.384. The smallest absolute Gasteiger partial charge is 0.337 e. The van der Waals surface area contributed by atoms with Gasteiger partial charge in [-0.1, -0.05) is 48.5 Å². The molecule has 10 nitrogen and oxygen atoms in total. The van der Waals surface area contributed by atoms with Gasteiger partial charge in [-0.25, -0.2) is 13.2 Å². The van der Waals surface area contributed by atoms with Crippen LogP contribution in [0.25, 0.3) is 6.08 Å². The predicted molar refractivity (Wildman–Crippen MR) is 125 cm³/mol. The molecule has 0 fully saturated rings. The lowest BCUT2D eigenvalue weighted by atomic mass is 10.2. The third-order valence-corrected chi connectivity index (χ3v) is 5.68. The van der Waals surface area contributed by atoms with Crippen molar-refractivity contribution < 1.29 is 23.2 Å². The van der Waals surface area contributed by atoms with E-state index in [0.717, 1.165) is 17.7 Å². The van der Waals surface area contributed by atoms with Gasteiger partial charge in [-0.3, -0.25) is 20.3 Å². The van der Waals surface area contributed by atoms with Crippen LogP contribution in [0.2, 0.25) is 0 Å². The number of nitro benzene ring substituents is 1. The Morgan fingerprint density at radius 3 is 2.39 bits per heavy atom. The van der Waals surface area contributed by atoms with Crippen molar-refractivity contribution in [1.29, 1.82) is 0 Å². The lowest BCUT2D eigenvalue weighted by Gasteiger charge is -2.11. The summed E-state index contributed by atoms with van der Waals surface area (Å²) >= 11 is 0.